The van der Waals surface area contributed by atoms with Gasteiger partial charge in [0.25, 0.3) is 0 Å². The van der Waals surface area contributed by atoms with Crippen LogP contribution in [0.5, 0.6) is 0 Å². The highest BCUT2D eigenvalue weighted by molar-refractivity contribution is 8.23. The highest BCUT2D eigenvalue weighted by Gasteiger charge is 2.30. The molecule has 0 fully saturated rings. The fraction of sp³-hybridized carbons (Fsp3) is 0.962. The van der Waals surface area contributed by atoms with Gasteiger partial charge in [-0.25, -0.2) is 0 Å². The number of rotatable bonds is 21. The molecule has 0 aliphatic rings. The molecule has 0 radical (unpaired) electrons. The van der Waals surface area contributed by atoms with E-state index in [0.717, 1.165) is 10.9 Å². The Morgan fingerprint density at radius 2 is 0.966 bits per heavy atom. The molecule has 0 spiro atoms. The Balaban J connectivity index is 4.07. The van der Waals surface area contributed by atoms with Gasteiger partial charge in [0.15, 0.2) is 0 Å². The molecular weight excluding hydrogens is 390 g/mol. The van der Waals surface area contributed by atoms with Crippen molar-refractivity contribution in [1.29, 1.82) is 0 Å². The summed E-state index contributed by atoms with van der Waals surface area (Å²) in [6.07, 6.45) is 25.8. The monoisotopic (exact) mass is 443 g/mol. The predicted octanol–water partition coefficient (Wildman–Crippen LogP) is 9.82. The lowest BCUT2D eigenvalue weighted by atomic mass is 9.90. The van der Waals surface area contributed by atoms with Crippen LogP contribution < -0.4 is 5.32 Å². The normalized spacial score (nSPS) is 11.7. The van der Waals surface area contributed by atoms with Gasteiger partial charge in [0.1, 0.15) is 4.32 Å². The van der Waals surface area contributed by atoms with Crippen molar-refractivity contribution in [2.45, 2.75) is 154 Å². The summed E-state index contributed by atoms with van der Waals surface area (Å²) >= 11 is 7.79. The molecule has 1 N–H and O–H groups in total. The van der Waals surface area contributed by atoms with Crippen LogP contribution in [-0.4, -0.2) is 15.6 Å². The molecule has 29 heavy (non-hydrogen) atoms. The van der Waals surface area contributed by atoms with Gasteiger partial charge < -0.3 is 5.32 Å². The van der Waals surface area contributed by atoms with Crippen LogP contribution in [0.3, 0.4) is 0 Å². The van der Waals surface area contributed by atoms with Crippen molar-refractivity contribution >= 4 is 28.3 Å². The van der Waals surface area contributed by atoms with Crippen LogP contribution in [0.2, 0.25) is 0 Å². The minimum Gasteiger partial charge on any atom is -0.371 e. The third-order valence-electron chi connectivity index (χ3n) is 6.07. The van der Waals surface area contributed by atoms with E-state index >= 15 is 0 Å². The fourth-order valence-electron chi connectivity index (χ4n) is 4.06. The number of hydrogen-bond donors (Lipinski definition) is 1. The number of unbranched alkanes of at least 4 members (excludes halogenated alkanes) is 12. The number of thioether (sulfide) groups is 1. The van der Waals surface area contributed by atoms with E-state index in [2.05, 4.69) is 33.0 Å². The molecule has 0 atom stereocenters. The zero-order valence-electron chi connectivity index (χ0n) is 20.5. The van der Waals surface area contributed by atoms with Gasteiger partial charge in [0, 0.05) is 11.3 Å². The summed E-state index contributed by atoms with van der Waals surface area (Å²) < 4.78 is 1.44. The van der Waals surface area contributed by atoms with Gasteiger partial charge in [-0.05, 0) is 25.7 Å². The zero-order chi connectivity index (χ0) is 21.6. The second kappa shape index (κ2) is 21.5. The smallest absolute Gasteiger partial charge is 0.134 e. The standard InChI is InChI=1S/C26H53NS2/c1-5-9-13-14-15-16-17-18-19-20-24-27-25(28)29-26(21-10-6-2,22-11-7-3)23-12-8-4/h5-24H2,1-4H3,(H,27,28). The van der Waals surface area contributed by atoms with Crippen molar-refractivity contribution in [2.24, 2.45) is 0 Å². The minimum absolute atomic E-state index is 0.379. The molecule has 0 aromatic heterocycles. The predicted molar refractivity (Wildman–Crippen MR) is 141 cm³/mol. The number of hydrogen-bond acceptors (Lipinski definition) is 2. The third kappa shape index (κ3) is 17.6. The lowest BCUT2D eigenvalue weighted by Crippen LogP contribution is -2.31. The Kier molecular flexibility index (Phi) is 21.6. The van der Waals surface area contributed by atoms with Crippen LogP contribution >= 0.6 is 24.0 Å². The maximum absolute atomic E-state index is 5.78. The van der Waals surface area contributed by atoms with Crippen LogP contribution in [0.1, 0.15) is 150 Å². The van der Waals surface area contributed by atoms with E-state index < -0.39 is 0 Å². The molecular formula is C26H53NS2. The largest absolute Gasteiger partial charge is 0.371 e. The van der Waals surface area contributed by atoms with E-state index in [1.165, 1.54) is 122 Å². The van der Waals surface area contributed by atoms with E-state index in [-0.39, 0.29) is 0 Å². The van der Waals surface area contributed by atoms with Crippen LogP contribution in [0, 0.1) is 0 Å². The van der Waals surface area contributed by atoms with E-state index in [4.69, 9.17) is 12.2 Å². The summed E-state index contributed by atoms with van der Waals surface area (Å²) in [5.41, 5.74) is 0. The van der Waals surface area contributed by atoms with Crippen molar-refractivity contribution in [3.8, 4) is 0 Å². The molecule has 0 rings (SSSR count). The van der Waals surface area contributed by atoms with Gasteiger partial charge in [-0.2, -0.15) is 0 Å². The van der Waals surface area contributed by atoms with Crippen molar-refractivity contribution in [2.75, 3.05) is 6.54 Å². The number of thiocarbonyl (C=S) groups is 1. The molecule has 0 aromatic rings. The number of nitrogens with one attached hydrogen (secondary N) is 1. The zero-order valence-corrected chi connectivity index (χ0v) is 22.1. The van der Waals surface area contributed by atoms with Crippen molar-refractivity contribution in [3.63, 3.8) is 0 Å². The highest BCUT2D eigenvalue weighted by atomic mass is 32.2. The Hall–Kier alpha value is 0.240. The molecule has 1 nitrogen and oxygen atoms in total. The van der Waals surface area contributed by atoms with Crippen LogP contribution in [0.15, 0.2) is 0 Å². The average molecular weight is 444 g/mol. The molecule has 174 valence electrons. The molecule has 0 unspecified atom stereocenters. The van der Waals surface area contributed by atoms with Gasteiger partial charge in [0.05, 0.1) is 0 Å². The maximum atomic E-state index is 5.78. The summed E-state index contributed by atoms with van der Waals surface area (Å²) in [7, 11) is 0. The first-order valence-corrected chi connectivity index (χ1v) is 14.3. The van der Waals surface area contributed by atoms with Crippen LogP contribution in [0.4, 0.5) is 0 Å². The molecule has 0 bridgehead atoms. The molecule has 0 aliphatic heterocycles. The van der Waals surface area contributed by atoms with Crippen molar-refractivity contribution in [1.82, 2.24) is 5.32 Å². The molecule has 0 amide bonds. The van der Waals surface area contributed by atoms with Crippen molar-refractivity contribution < 1.29 is 0 Å². The molecule has 0 aliphatic carbocycles. The summed E-state index contributed by atoms with van der Waals surface area (Å²) in [5, 5.41) is 3.59. The topological polar surface area (TPSA) is 12.0 Å². The fourth-order valence-corrected chi connectivity index (χ4v) is 6.00. The first kappa shape index (κ1) is 29.2. The Morgan fingerprint density at radius 3 is 1.38 bits per heavy atom. The molecule has 0 heterocycles. The van der Waals surface area contributed by atoms with Crippen LogP contribution in [0.25, 0.3) is 0 Å². The lowest BCUT2D eigenvalue weighted by molar-refractivity contribution is 0.427. The van der Waals surface area contributed by atoms with Gasteiger partial charge in [-0.15, -0.1) is 0 Å². The van der Waals surface area contributed by atoms with E-state index in [9.17, 15) is 0 Å². The second-order valence-electron chi connectivity index (χ2n) is 8.99. The van der Waals surface area contributed by atoms with Gasteiger partial charge >= 0.3 is 0 Å². The van der Waals surface area contributed by atoms with Gasteiger partial charge in [-0.1, -0.05) is 148 Å². The second-order valence-corrected chi connectivity index (χ2v) is 11.1. The lowest BCUT2D eigenvalue weighted by Gasteiger charge is -2.34. The van der Waals surface area contributed by atoms with E-state index in [1.54, 1.807) is 0 Å². The Labute approximate surface area is 194 Å². The minimum atomic E-state index is 0.379. The Bertz CT molecular complexity index is 335. The summed E-state index contributed by atoms with van der Waals surface area (Å²) in [4.78, 5) is 0. The summed E-state index contributed by atoms with van der Waals surface area (Å²) in [5.74, 6) is 0. The summed E-state index contributed by atoms with van der Waals surface area (Å²) in [6.45, 7) is 10.3. The molecule has 0 aromatic carbocycles. The molecule has 0 saturated carbocycles. The quantitative estimate of drug-likeness (QED) is 0.140. The van der Waals surface area contributed by atoms with E-state index in [1.807, 2.05) is 11.8 Å². The van der Waals surface area contributed by atoms with Gasteiger partial charge in [0.2, 0.25) is 0 Å². The average Bonchev–Trinajstić information content (AvgIpc) is 2.73. The maximum Gasteiger partial charge on any atom is 0.134 e. The van der Waals surface area contributed by atoms with Crippen LogP contribution in [-0.2, 0) is 0 Å². The van der Waals surface area contributed by atoms with Crippen molar-refractivity contribution in [3.05, 3.63) is 0 Å². The Morgan fingerprint density at radius 1 is 0.586 bits per heavy atom. The highest BCUT2D eigenvalue weighted by Crippen LogP contribution is 2.41. The van der Waals surface area contributed by atoms with Gasteiger partial charge in [-0.3, -0.25) is 0 Å². The first-order valence-electron chi connectivity index (χ1n) is 13.1. The summed E-state index contributed by atoms with van der Waals surface area (Å²) in [6, 6.07) is 0. The van der Waals surface area contributed by atoms with E-state index in [0.29, 0.717) is 4.75 Å². The molecule has 3 heteroatoms. The SMILES string of the molecule is CCCCCCCCCCCCNC(=S)SC(CCCC)(CCCC)CCCC. The molecule has 0 saturated heterocycles. The third-order valence-corrected chi connectivity index (χ3v) is 7.84. The first-order chi connectivity index (χ1) is 14.1.